The summed E-state index contributed by atoms with van der Waals surface area (Å²) in [5.41, 5.74) is 5.92. The van der Waals surface area contributed by atoms with Gasteiger partial charge in [-0.3, -0.25) is 9.68 Å². The zero-order valence-electron chi connectivity index (χ0n) is 11.0. The number of carbonyl (C=O) groups is 3. The van der Waals surface area contributed by atoms with Crippen LogP contribution in [0.25, 0.3) is 0 Å². The average Bonchev–Trinajstić information content (AvgIpc) is 2.49. The van der Waals surface area contributed by atoms with Gasteiger partial charge in [-0.05, 0) is 12.5 Å². The van der Waals surface area contributed by atoms with Gasteiger partial charge in [0.25, 0.3) is 0 Å². The number of nitrogens with two attached hydrogens (primary N) is 1. The largest absolute Gasteiger partial charge is 0.368 e. The van der Waals surface area contributed by atoms with Crippen LogP contribution in [-0.2, 0) is 19.5 Å². The maximum Gasteiger partial charge on any atom is 0.348 e. The van der Waals surface area contributed by atoms with E-state index in [0.29, 0.717) is 5.57 Å². The van der Waals surface area contributed by atoms with E-state index in [9.17, 15) is 14.4 Å². The molecule has 8 nitrogen and oxygen atoms in total. The summed E-state index contributed by atoms with van der Waals surface area (Å²) in [6.45, 7) is 3.13. The van der Waals surface area contributed by atoms with Gasteiger partial charge in [-0.1, -0.05) is 11.1 Å². The number of urea groups is 1. The van der Waals surface area contributed by atoms with Crippen molar-refractivity contribution < 1.29 is 24.3 Å². The van der Waals surface area contributed by atoms with E-state index in [0.717, 1.165) is 12.0 Å². The minimum atomic E-state index is -0.778. The summed E-state index contributed by atoms with van der Waals surface area (Å²) in [5, 5.41) is 0.911. The fourth-order valence-electron chi connectivity index (χ4n) is 2.16. The molecule has 0 aromatic carbocycles. The van der Waals surface area contributed by atoms with Crippen molar-refractivity contribution in [1.29, 1.82) is 0 Å². The molecule has 0 saturated carbocycles. The summed E-state index contributed by atoms with van der Waals surface area (Å²) in [5.74, 6) is -1.28. The summed E-state index contributed by atoms with van der Waals surface area (Å²) in [7, 11) is 0. The van der Waals surface area contributed by atoms with Crippen molar-refractivity contribution in [2.45, 2.75) is 25.9 Å². The first-order valence-electron chi connectivity index (χ1n) is 5.34. The second-order valence-corrected chi connectivity index (χ2v) is 4.19. The van der Waals surface area contributed by atoms with E-state index < -0.39 is 30.0 Å². The van der Waals surface area contributed by atoms with E-state index >= 15 is 0 Å². The molecule has 2 rings (SSSR count). The minimum Gasteiger partial charge on any atom is -0.368 e. The molecule has 19 heavy (non-hydrogen) atoms. The van der Waals surface area contributed by atoms with Gasteiger partial charge < -0.3 is 10.6 Å². The molecular formula is C10H13LiN3O5. The van der Waals surface area contributed by atoms with E-state index in [-0.39, 0.29) is 25.4 Å². The zero-order valence-corrected chi connectivity index (χ0v) is 11.0. The minimum absolute atomic E-state index is 0. The standard InChI is InChI=1S/C10H13N3O5.Li/c1-5-3-7-4-12(8(5)9(11)15)10(16)13(7)18-17-6(2)14;/h3,7-8H,4H2,1-2H3,(H2,11,15);/t7-,8+;/m1./s1. The first-order chi connectivity index (χ1) is 8.41. The Morgan fingerprint density at radius 2 is 2.11 bits per heavy atom. The third-order valence-corrected chi connectivity index (χ3v) is 2.82. The monoisotopic (exact) mass is 262 g/mol. The Hall–Kier alpha value is -1.49. The van der Waals surface area contributed by atoms with Crippen LogP contribution in [0.2, 0.25) is 0 Å². The molecule has 2 aliphatic rings. The van der Waals surface area contributed by atoms with Crippen molar-refractivity contribution in [2.75, 3.05) is 6.54 Å². The van der Waals surface area contributed by atoms with Gasteiger partial charge in [0, 0.05) is 25.8 Å². The van der Waals surface area contributed by atoms with Crippen LogP contribution >= 0.6 is 0 Å². The number of hydroxylamine groups is 2. The zero-order chi connectivity index (χ0) is 13.4. The quantitative estimate of drug-likeness (QED) is 0.302. The van der Waals surface area contributed by atoms with E-state index in [2.05, 4.69) is 9.88 Å². The van der Waals surface area contributed by atoms with Gasteiger partial charge >= 0.3 is 12.0 Å². The Morgan fingerprint density at radius 3 is 2.63 bits per heavy atom. The van der Waals surface area contributed by atoms with Gasteiger partial charge in [0.2, 0.25) is 5.91 Å². The molecule has 2 heterocycles. The second kappa shape index (κ2) is 5.65. The smallest absolute Gasteiger partial charge is 0.348 e. The Bertz CT molecular complexity index is 452. The third kappa shape index (κ3) is 2.76. The molecule has 2 aliphatic heterocycles. The van der Waals surface area contributed by atoms with Crippen molar-refractivity contribution in [2.24, 2.45) is 5.73 Å². The molecule has 99 valence electrons. The number of hydrogen-bond acceptors (Lipinski definition) is 5. The molecule has 2 atom stereocenters. The predicted octanol–water partition coefficient (Wildman–Crippen LogP) is -1.06. The molecule has 1 saturated heterocycles. The van der Waals surface area contributed by atoms with Crippen LogP contribution in [0, 0.1) is 0 Å². The van der Waals surface area contributed by atoms with E-state index in [1.807, 2.05) is 0 Å². The van der Waals surface area contributed by atoms with Gasteiger partial charge in [0.15, 0.2) is 0 Å². The molecule has 9 heteroatoms. The second-order valence-electron chi connectivity index (χ2n) is 4.19. The van der Waals surface area contributed by atoms with Crippen molar-refractivity contribution in [1.82, 2.24) is 9.96 Å². The van der Waals surface area contributed by atoms with Crippen molar-refractivity contribution >= 4 is 36.8 Å². The van der Waals surface area contributed by atoms with Crippen LogP contribution in [0.5, 0.6) is 0 Å². The number of fused-ring (bicyclic) bond motifs is 2. The first kappa shape index (κ1) is 15.6. The van der Waals surface area contributed by atoms with Crippen LogP contribution in [0.4, 0.5) is 4.79 Å². The van der Waals surface area contributed by atoms with Crippen LogP contribution in [0.3, 0.4) is 0 Å². The molecule has 1 fully saturated rings. The van der Waals surface area contributed by atoms with Crippen LogP contribution < -0.4 is 5.73 Å². The number of hydrogen-bond donors (Lipinski definition) is 1. The maximum absolute atomic E-state index is 12.0. The van der Waals surface area contributed by atoms with E-state index in [4.69, 9.17) is 5.73 Å². The van der Waals surface area contributed by atoms with Gasteiger partial charge in [-0.15, -0.1) is 0 Å². The fourth-order valence-corrected chi connectivity index (χ4v) is 2.16. The summed E-state index contributed by atoms with van der Waals surface area (Å²) in [6.07, 6.45) is 1.69. The van der Waals surface area contributed by atoms with Gasteiger partial charge in [0.05, 0.1) is 6.54 Å². The molecule has 0 aliphatic carbocycles. The molecule has 0 aromatic heterocycles. The number of rotatable bonds is 3. The van der Waals surface area contributed by atoms with Crippen LogP contribution in [0.15, 0.2) is 11.6 Å². The molecule has 3 amide bonds. The average molecular weight is 262 g/mol. The maximum atomic E-state index is 12.0. The Morgan fingerprint density at radius 1 is 1.47 bits per heavy atom. The molecule has 2 bridgehead atoms. The summed E-state index contributed by atoms with van der Waals surface area (Å²) in [4.78, 5) is 44.2. The summed E-state index contributed by atoms with van der Waals surface area (Å²) < 4.78 is 0. The number of carbonyl (C=O) groups excluding carboxylic acids is 3. The molecule has 2 N–H and O–H groups in total. The van der Waals surface area contributed by atoms with Gasteiger partial charge in [-0.2, -0.15) is 5.06 Å². The topological polar surface area (TPSA) is 102 Å². The normalized spacial score (nSPS) is 24.7. The predicted molar refractivity (Wildman–Crippen MR) is 63.1 cm³/mol. The summed E-state index contributed by atoms with van der Waals surface area (Å²) >= 11 is 0. The fraction of sp³-hybridized carbons (Fsp3) is 0.500. The number of primary amides is 1. The molecule has 0 spiro atoms. The summed E-state index contributed by atoms with van der Waals surface area (Å²) in [6, 6.07) is -1.73. The number of amides is 3. The van der Waals surface area contributed by atoms with Gasteiger partial charge in [-0.25, -0.2) is 9.59 Å². The first-order valence-corrected chi connectivity index (χ1v) is 5.34. The van der Waals surface area contributed by atoms with Crippen molar-refractivity contribution in [3.8, 4) is 0 Å². The SMILES string of the molecule is CC(=O)OON1C(=O)N2C[C@H]1C=C(C)[C@H]2C(N)=O.[Li]. The third-order valence-electron chi connectivity index (χ3n) is 2.82. The Labute approximate surface area is 121 Å². The Balaban J connectivity index is 0.00000180. The van der Waals surface area contributed by atoms with Gasteiger partial charge in [0.1, 0.15) is 12.1 Å². The molecule has 0 unspecified atom stereocenters. The van der Waals surface area contributed by atoms with Crippen LogP contribution in [-0.4, -0.2) is 65.4 Å². The molecular weight excluding hydrogens is 249 g/mol. The van der Waals surface area contributed by atoms with E-state index in [1.54, 1.807) is 13.0 Å². The number of nitrogens with zero attached hydrogens (tertiary/aromatic N) is 2. The van der Waals surface area contributed by atoms with Crippen molar-refractivity contribution in [3.05, 3.63) is 11.6 Å². The van der Waals surface area contributed by atoms with E-state index in [1.165, 1.54) is 4.90 Å². The van der Waals surface area contributed by atoms with Crippen LogP contribution in [0.1, 0.15) is 13.8 Å². The molecule has 1 radical (unpaired) electrons. The molecule has 0 aromatic rings. The van der Waals surface area contributed by atoms with Crippen molar-refractivity contribution in [3.63, 3.8) is 0 Å². The Kier molecular flexibility index (Phi) is 4.63.